The van der Waals surface area contributed by atoms with Gasteiger partial charge in [-0.15, -0.1) is 0 Å². The van der Waals surface area contributed by atoms with Crippen molar-refractivity contribution in [3.05, 3.63) is 62.1 Å². The molecule has 0 fully saturated rings. The Balaban J connectivity index is 2.27. The molecule has 0 bridgehead atoms. The number of carbonyl (C=O) groups is 2. The Hall–Kier alpha value is -3.25. The highest BCUT2D eigenvalue weighted by Gasteiger charge is 2.51. The van der Waals surface area contributed by atoms with E-state index >= 15 is 0 Å². The Kier molecular flexibility index (Phi) is 7.98. The summed E-state index contributed by atoms with van der Waals surface area (Å²) in [5.74, 6) is -3.07. The number of methoxy groups -OCH3 is 1. The molecule has 0 aliphatic heterocycles. The van der Waals surface area contributed by atoms with Crippen LogP contribution in [-0.4, -0.2) is 36.3 Å². The van der Waals surface area contributed by atoms with Crippen molar-refractivity contribution < 1.29 is 46.6 Å². The number of benzene rings is 2. The SMILES string of the molecule is COC(=O)COC(=O)C(C)(Oc1cccc(Oc2c(Cl)cc(C(F)(F)F)cc2Cl)c1)[N+](=O)[O-]. The van der Waals surface area contributed by atoms with Crippen LogP contribution in [0.5, 0.6) is 17.2 Å². The third-order valence-electron chi connectivity index (χ3n) is 3.94. The number of hydrogen-bond donors (Lipinski definition) is 0. The second kappa shape index (κ2) is 10.1. The van der Waals surface area contributed by atoms with Gasteiger partial charge in [0.1, 0.15) is 11.5 Å². The fraction of sp³-hybridized carbons (Fsp3) is 0.263. The molecule has 1 unspecified atom stereocenters. The van der Waals surface area contributed by atoms with Crippen LogP contribution in [0.4, 0.5) is 13.2 Å². The fourth-order valence-corrected chi connectivity index (χ4v) is 2.80. The summed E-state index contributed by atoms with van der Waals surface area (Å²) in [4.78, 5) is 33.6. The Bertz CT molecular complexity index is 1060. The topological polar surface area (TPSA) is 114 Å². The Morgan fingerprint density at radius 1 is 1.09 bits per heavy atom. The van der Waals surface area contributed by atoms with Gasteiger partial charge in [0, 0.05) is 6.07 Å². The monoisotopic (exact) mass is 511 g/mol. The molecule has 0 aromatic heterocycles. The molecule has 0 saturated heterocycles. The molecule has 33 heavy (non-hydrogen) atoms. The predicted octanol–water partition coefficient (Wildman–Crippen LogP) is 4.89. The van der Waals surface area contributed by atoms with Crippen LogP contribution in [0.3, 0.4) is 0 Å². The molecule has 0 saturated carbocycles. The second-order valence-corrected chi connectivity index (χ2v) is 7.15. The first-order valence-electron chi connectivity index (χ1n) is 8.69. The molecule has 0 heterocycles. The van der Waals surface area contributed by atoms with E-state index in [-0.39, 0.29) is 17.2 Å². The molecule has 2 rings (SSSR count). The van der Waals surface area contributed by atoms with E-state index in [0.29, 0.717) is 12.1 Å². The van der Waals surface area contributed by atoms with E-state index in [4.69, 9.17) is 32.7 Å². The average molecular weight is 512 g/mol. The second-order valence-electron chi connectivity index (χ2n) is 6.34. The molecule has 2 aromatic carbocycles. The number of rotatable bonds is 8. The summed E-state index contributed by atoms with van der Waals surface area (Å²) in [5, 5.41) is 10.6. The Morgan fingerprint density at radius 2 is 1.67 bits per heavy atom. The first-order valence-corrected chi connectivity index (χ1v) is 9.45. The molecule has 0 spiro atoms. The van der Waals surface area contributed by atoms with Crippen molar-refractivity contribution in [2.45, 2.75) is 18.8 Å². The highest BCUT2D eigenvalue weighted by atomic mass is 35.5. The number of alkyl halides is 3. The van der Waals surface area contributed by atoms with Gasteiger partial charge in [-0.25, -0.2) is 9.59 Å². The molecule has 9 nitrogen and oxygen atoms in total. The quantitative estimate of drug-likeness (QED) is 0.213. The van der Waals surface area contributed by atoms with Crippen LogP contribution in [0.25, 0.3) is 0 Å². The normalized spacial score (nSPS) is 12.9. The zero-order valence-electron chi connectivity index (χ0n) is 16.8. The first kappa shape index (κ1) is 26.0. The van der Waals surface area contributed by atoms with Crippen molar-refractivity contribution in [2.24, 2.45) is 0 Å². The molecule has 0 aliphatic rings. The summed E-state index contributed by atoms with van der Waals surface area (Å²) >= 11 is 11.7. The zero-order chi connectivity index (χ0) is 25.0. The number of nitrogens with zero attached hydrogens (tertiary/aromatic N) is 1. The average Bonchev–Trinajstić information content (AvgIpc) is 2.73. The van der Waals surface area contributed by atoms with Crippen LogP contribution in [0.1, 0.15) is 12.5 Å². The van der Waals surface area contributed by atoms with E-state index in [1.165, 1.54) is 18.2 Å². The van der Waals surface area contributed by atoms with Gasteiger partial charge in [0.2, 0.25) is 0 Å². The fourth-order valence-electron chi connectivity index (χ4n) is 2.24. The van der Waals surface area contributed by atoms with Crippen molar-refractivity contribution in [1.82, 2.24) is 0 Å². The van der Waals surface area contributed by atoms with E-state index < -0.39 is 51.0 Å². The summed E-state index contributed by atoms with van der Waals surface area (Å²) in [7, 11) is 1.03. The van der Waals surface area contributed by atoms with Gasteiger partial charge in [-0.3, -0.25) is 10.1 Å². The van der Waals surface area contributed by atoms with Gasteiger partial charge in [-0.05, 0) is 24.3 Å². The first-order chi connectivity index (χ1) is 15.3. The molecule has 0 amide bonds. The highest BCUT2D eigenvalue weighted by Crippen LogP contribution is 2.42. The molecule has 2 aromatic rings. The van der Waals surface area contributed by atoms with Crippen LogP contribution in [-0.2, 0) is 25.2 Å². The van der Waals surface area contributed by atoms with Gasteiger partial charge in [0.05, 0.1) is 34.6 Å². The summed E-state index contributed by atoms with van der Waals surface area (Å²) in [6.07, 6.45) is -4.69. The van der Waals surface area contributed by atoms with Crippen LogP contribution in [0, 0.1) is 10.1 Å². The molecule has 0 aliphatic carbocycles. The molecule has 14 heteroatoms. The Labute approximate surface area is 194 Å². The maximum atomic E-state index is 12.9. The van der Waals surface area contributed by atoms with Crippen LogP contribution in [0.15, 0.2) is 36.4 Å². The summed E-state index contributed by atoms with van der Waals surface area (Å²) in [6, 6.07) is 6.21. The minimum atomic E-state index is -4.69. The van der Waals surface area contributed by atoms with Gasteiger partial charge >= 0.3 is 23.8 Å². The maximum absolute atomic E-state index is 12.9. The van der Waals surface area contributed by atoms with Crippen LogP contribution in [0.2, 0.25) is 10.0 Å². The van der Waals surface area contributed by atoms with E-state index in [1.807, 2.05) is 0 Å². The summed E-state index contributed by atoms with van der Waals surface area (Å²) in [5.41, 5.74) is -3.84. The Morgan fingerprint density at radius 3 is 2.18 bits per heavy atom. The lowest BCUT2D eigenvalue weighted by molar-refractivity contribution is -0.593. The lowest BCUT2D eigenvalue weighted by Gasteiger charge is -2.20. The van der Waals surface area contributed by atoms with Gasteiger partial charge < -0.3 is 18.9 Å². The van der Waals surface area contributed by atoms with Crippen molar-refractivity contribution >= 4 is 35.1 Å². The van der Waals surface area contributed by atoms with Gasteiger partial charge in [-0.2, -0.15) is 13.2 Å². The van der Waals surface area contributed by atoms with Gasteiger partial charge in [0.15, 0.2) is 12.4 Å². The standard InChI is InChI=1S/C19H14Cl2F3NO8/c1-18(25(28)29,17(27)31-9-15(26)30-2)33-12-5-3-4-11(8-12)32-16-13(20)6-10(7-14(16)21)19(22,23)24/h3-8H,9H2,1-2H3. The minimum Gasteiger partial charge on any atom is -0.466 e. The molecule has 178 valence electrons. The van der Waals surface area contributed by atoms with Crippen molar-refractivity contribution in [2.75, 3.05) is 13.7 Å². The predicted molar refractivity (Wildman–Crippen MR) is 107 cm³/mol. The third kappa shape index (κ3) is 6.39. The molecule has 0 radical (unpaired) electrons. The molecular formula is C19H14Cl2F3NO8. The molecule has 1 atom stereocenters. The highest BCUT2D eigenvalue weighted by molar-refractivity contribution is 6.37. The van der Waals surface area contributed by atoms with Gasteiger partial charge in [-0.1, -0.05) is 29.3 Å². The number of halogens is 5. The van der Waals surface area contributed by atoms with Crippen molar-refractivity contribution in [3.8, 4) is 17.2 Å². The number of carbonyl (C=O) groups excluding carboxylic acids is 2. The minimum absolute atomic E-state index is 0.0790. The van der Waals surface area contributed by atoms with Crippen molar-refractivity contribution in [3.63, 3.8) is 0 Å². The number of hydrogen-bond acceptors (Lipinski definition) is 8. The largest absolute Gasteiger partial charge is 0.466 e. The van der Waals surface area contributed by atoms with Crippen molar-refractivity contribution in [1.29, 1.82) is 0 Å². The van der Waals surface area contributed by atoms with Crippen LogP contribution >= 0.6 is 23.2 Å². The summed E-state index contributed by atoms with van der Waals surface area (Å²) in [6.45, 7) is -0.0834. The number of nitro groups is 1. The smallest absolute Gasteiger partial charge is 0.458 e. The maximum Gasteiger partial charge on any atom is 0.458 e. The summed E-state index contributed by atoms with van der Waals surface area (Å²) < 4.78 is 58.0. The van der Waals surface area contributed by atoms with E-state index in [2.05, 4.69) is 9.47 Å². The molecule has 0 N–H and O–H groups in total. The number of esters is 2. The van der Waals surface area contributed by atoms with Crippen LogP contribution < -0.4 is 9.47 Å². The third-order valence-corrected chi connectivity index (χ3v) is 4.51. The van der Waals surface area contributed by atoms with E-state index in [9.17, 15) is 32.9 Å². The lowest BCUT2D eigenvalue weighted by atomic mass is 10.2. The van der Waals surface area contributed by atoms with Gasteiger partial charge in [0.25, 0.3) is 0 Å². The number of ether oxygens (including phenoxy) is 4. The lowest BCUT2D eigenvalue weighted by Crippen LogP contribution is -2.50. The van der Waals surface area contributed by atoms with E-state index in [0.717, 1.165) is 20.1 Å². The van der Waals surface area contributed by atoms with E-state index in [1.54, 1.807) is 0 Å². The molecular weight excluding hydrogens is 498 g/mol. The zero-order valence-corrected chi connectivity index (χ0v) is 18.3.